The molecule has 0 unspecified atom stereocenters. The molecule has 3 nitrogen and oxygen atoms in total. The first-order valence-electron chi connectivity index (χ1n) is 9.95. The van der Waals surface area contributed by atoms with Crippen molar-refractivity contribution in [3.8, 4) is 11.5 Å². The van der Waals surface area contributed by atoms with Crippen LogP contribution in [0.25, 0.3) is 0 Å². The lowest BCUT2D eigenvalue weighted by Gasteiger charge is -2.12. The third kappa shape index (κ3) is 6.66. The van der Waals surface area contributed by atoms with Crippen molar-refractivity contribution in [1.29, 1.82) is 0 Å². The summed E-state index contributed by atoms with van der Waals surface area (Å²) in [7, 11) is 0. The molecule has 28 heavy (non-hydrogen) atoms. The molecule has 0 aromatic heterocycles. The first-order chi connectivity index (χ1) is 13.7. The van der Waals surface area contributed by atoms with Gasteiger partial charge in [-0.15, -0.1) is 0 Å². The summed E-state index contributed by atoms with van der Waals surface area (Å²) in [6.07, 6.45) is 2.24. The maximum Gasteiger partial charge on any atom is 0.121 e. The minimum absolute atomic E-state index is 0.194. The molecule has 0 fully saturated rings. The van der Waals surface area contributed by atoms with Gasteiger partial charge in [-0.2, -0.15) is 0 Å². The molecule has 3 aromatic carbocycles. The molecular formula is C25H29NO2. The molecule has 0 aliphatic carbocycles. The van der Waals surface area contributed by atoms with Gasteiger partial charge in [-0.25, -0.2) is 0 Å². The monoisotopic (exact) mass is 375 g/mol. The Labute approximate surface area is 168 Å². The molecular weight excluding hydrogens is 346 g/mol. The van der Waals surface area contributed by atoms with Gasteiger partial charge in [0.2, 0.25) is 0 Å². The standard InChI is InChI=1S/C25H29NO2/c1-20(2)28-24-15-13-22(14-16-24)19-26-23-11-6-12-25(18-23)27-17-7-10-21-8-4-3-5-9-21/h3-6,8-9,11-16,18,20,26H,7,10,17,19H2,1-2H3. The van der Waals surface area contributed by atoms with Crippen molar-refractivity contribution in [2.45, 2.75) is 39.3 Å². The van der Waals surface area contributed by atoms with Gasteiger partial charge in [0, 0.05) is 18.3 Å². The SMILES string of the molecule is CC(C)Oc1ccc(CNc2cccc(OCCCc3ccccc3)c2)cc1. The Morgan fingerprint density at radius 1 is 0.786 bits per heavy atom. The molecule has 0 amide bonds. The normalized spacial score (nSPS) is 10.7. The zero-order chi connectivity index (χ0) is 19.6. The Hall–Kier alpha value is -2.94. The van der Waals surface area contributed by atoms with Crippen LogP contribution in [0.4, 0.5) is 5.69 Å². The summed E-state index contributed by atoms with van der Waals surface area (Å²) in [5.41, 5.74) is 3.62. The summed E-state index contributed by atoms with van der Waals surface area (Å²) in [6.45, 7) is 5.55. The number of aryl methyl sites for hydroxylation is 1. The number of nitrogens with one attached hydrogen (secondary N) is 1. The third-order valence-electron chi connectivity index (χ3n) is 4.35. The van der Waals surface area contributed by atoms with Crippen LogP contribution in [-0.4, -0.2) is 12.7 Å². The second kappa shape index (κ2) is 10.4. The van der Waals surface area contributed by atoms with E-state index in [2.05, 4.69) is 53.8 Å². The van der Waals surface area contributed by atoms with E-state index in [1.165, 1.54) is 11.1 Å². The van der Waals surface area contributed by atoms with E-state index in [1.54, 1.807) is 0 Å². The highest BCUT2D eigenvalue weighted by Gasteiger charge is 2.01. The van der Waals surface area contributed by atoms with Crippen LogP contribution in [-0.2, 0) is 13.0 Å². The van der Waals surface area contributed by atoms with E-state index in [0.29, 0.717) is 0 Å². The Morgan fingerprint density at radius 2 is 1.57 bits per heavy atom. The molecule has 0 atom stereocenters. The summed E-state index contributed by atoms with van der Waals surface area (Å²) >= 11 is 0. The van der Waals surface area contributed by atoms with Crippen molar-refractivity contribution >= 4 is 5.69 Å². The Kier molecular flexibility index (Phi) is 7.36. The van der Waals surface area contributed by atoms with Gasteiger partial charge in [0.05, 0.1) is 12.7 Å². The molecule has 146 valence electrons. The number of anilines is 1. The predicted molar refractivity (Wildman–Crippen MR) is 116 cm³/mol. The Bertz CT molecular complexity index is 829. The summed E-state index contributed by atoms with van der Waals surface area (Å²) in [5.74, 6) is 1.81. The average molecular weight is 376 g/mol. The molecule has 0 saturated carbocycles. The van der Waals surface area contributed by atoms with Crippen LogP contribution >= 0.6 is 0 Å². The lowest BCUT2D eigenvalue weighted by Crippen LogP contribution is -2.05. The second-order valence-electron chi connectivity index (χ2n) is 7.13. The molecule has 3 aromatic rings. The first kappa shape index (κ1) is 19.8. The minimum Gasteiger partial charge on any atom is -0.494 e. The highest BCUT2D eigenvalue weighted by Crippen LogP contribution is 2.19. The molecule has 0 spiro atoms. The lowest BCUT2D eigenvalue weighted by molar-refractivity contribution is 0.242. The van der Waals surface area contributed by atoms with Crippen LogP contribution in [0.2, 0.25) is 0 Å². The van der Waals surface area contributed by atoms with Crippen LogP contribution < -0.4 is 14.8 Å². The number of benzene rings is 3. The van der Waals surface area contributed by atoms with Crippen molar-refractivity contribution in [3.63, 3.8) is 0 Å². The van der Waals surface area contributed by atoms with Crippen LogP contribution in [0.1, 0.15) is 31.4 Å². The maximum absolute atomic E-state index is 5.92. The molecule has 0 aliphatic rings. The van der Waals surface area contributed by atoms with E-state index in [-0.39, 0.29) is 6.10 Å². The predicted octanol–water partition coefficient (Wildman–Crippen LogP) is 6.10. The van der Waals surface area contributed by atoms with Crippen molar-refractivity contribution in [3.05, 3.63) is 90.0 Å². The van der Waals surface area contributed by atoms with Crippen LogP contribution in [0.15, 0.2) is 78.9 Å². The largest absolute Gasteiger partial charge is 0.494 e. The lowest BCUT2D eigenvalue weighted by atomic mass is 10.1. The van der Waals surface area contributed by atoms with Crippen LogP contribution in [0, 0.1) is 0 Å². The van der Waals surface area contributed by atoms with Crippen molar-refractivity contribution in [2.75, 3.05) is 11.9 Å². The molecule has 3 rings (SSSR count). The highest BCUT2D eigenvalue weighted by molar-refractivity contribution is 5.48. The fraction of sp³-hybridized carbons (Fsp3) is 0.280. The Balaban J connectivity index is 1.44. The molecule has 0 radical (unpaired) electrons. The van der Waals surface area contributed by atoms with Crippen molar-refractivity contribution in [1.82, 2.24) is 0 Å². The summed E-state index contributed by atoms with van der Waals surface area (Å²) in [4.78, 5) is 0. The van der Waals surface area contributed by atoms with Gasteiger partial charge >= 0.3 is 0 Å². The van der Waals surface area contributed by atoms with Gasteiger partial charge in [0.1, 0.15) is 11.5 Å². The molecule has 0 aliphatic heterocycles. The van der Waals surface area contributed by atoms with E-state index < -0.39 is 0 Å². The smallest absolute Gasteiger partial charge is 0.121 e. The van der Waals surface area contributed by atoms with Gasteiger partial charge in [-0.3, -0.25) is 0 Å². The average Bonchev–Trinajstić information content (AvgIpc) is 2.71. The van der Waals surface area contributed by atoms with E-state index in [0.717, 1.165) is 43.2 Å². The third-order valence-corrected chi connectivity index (χ3v) is 4.35. The van der Waals surface area contributed by atoms with E-state index in [1.807, 2.05) is 44.2 Å². The summed E-state index contributed by atoms with van der Waals surface area (Å²) in [5, 5.41) is 3.46. The number of hydrogen-bond acceptors (Lipinski definition) is 3. The van der Waals surface area contributed by atoms with Crippen LogP contribution in [0.5, 0.6) is 11.5 Å². The molecule has 0 heterocycles. The van der Waals surface area contributed by atoms with E-state index >= 15 is 0 Å². The number of hydrogen-bond donors (Lipinski definition) is 1. The van der Waals surface area contributed by atoms with Gasteiger partial charge in [-0.05, 0) is 62.1 Å². The zero-order valence-corrected chi connectivity index (χ0v) is 16.7. The number of ether oxygens (including phenoxy) is 2. The highest BCUT2D eigenvalue weighted by atomic mass is 16.5. The Morgan fingerprint density at radius 3 is 2.32 bits per heavy atom. The van der Waals surface area contributed by atoms with Gasteiger partial charge in [-0.1, -0.05) is 48.5 Å². The fourth-order valence-corrected chi connectivity index (χ4v) is 2.97. The first-order valence-corrected chi connectivity index (χ1v) is 9.95. The fourth-order valence-electron chi connectivity index (χ4n) is 2.97. The molecule has 1 N–H and O–H groups in total. The summed E-state index contributed by atoms with van der Waals surface area (Å²) in [6, 6.07) is 26.9. The van der Waals surface area contributed by atoms with Crippen LogP contribution in [0.3, 0.4) is 0 Å². The second-order valence-corrected chi connectivity index (χ2v) is 7.13. The van der Waals surface area contributed by atoms with E-state index in [4.69, 9.17) is 9.47 Å². The van der Waals surface area contributed by atoms with Gasteiger partial charge in [0.25, 0.3) is 0 Å². The topological polar surface area (TPSA) is 30.5 Å². The zero-order valence-electron chi connectivity index (χ0n) is 16.7. The van der Waals surface area contributed by atoms with Crippen molar-refractivity contribution < 1.29 is 9.47 Å². The quantitative estimate of drug-likeness (QED) is 0.435. The molecule has 0 saturated heterocycles. The van der Waals surface area contributed by atoms with Gasteiger partial charge in [0.15, 0.2) is 0 Å². The van der Waals surface area contributed by atoms with Crippen molar-refractivity contribution in [2.24, 2.45) is 0 Å². The minimum atomic E-state index is 0.194. The van der Waals surface area contributed by atoms with E-state index in [9.17, 15) is 0 Å². The van der Waals surface area contributed by atoms with Gasteiger partial charge < -0.3 is 14.8 Å². The maximum atomic E-state index is 5.92. The molecule has 0 bridgehead atoms. The molecule has 3 heteroatoms. The summed E-state index contributed by atoms with van der Waals surface area (Å²) < 4.78 is 11.6. The number of rotatable bonds is 10.